The van der Waals surface area contributed by atoms with E-state index in [4.69, 9.17) is 5.73 Å². The predicted octanol–water partition coefficient (Wildman–Crippen LogP) is 2.42. The second-order valence-corrected chi connectivity index (χ2v) is 9.42. The number of carboxylic acids is 1. The van der Waals surface area contributed by atoms with Crippen molar-refractivity contribution in [2.45, 2.75) is 58.5 Å². The number of rotatable bonds is 14. The van der Waals surface area contributed by atoms with Crippen LogP contribution in [-0.4, -0.2) is 50.4 Å². The molecule has 0 fully saturated rings. The Morgan fingerprint density at radius 2 is 1.87 bits per heavy atom. The molecule has 0 aliphatic rings. The molecule has 0 unspecified atom stereocenters. The highest BCUT2D eigenvalue weighted by molar-refractivity contribution is 5.96. The number of carbonyl (C=O) groups excluding carboxylic acids is 2. The van der Waals surface area contributed by atoms with E-state index < -0.39 is 23.5 Å². The first-order chi connectivity index (χ1) is 18.7. The van der Waals surface area contributed by atoms with Crippen LogP contribution in [0.3, 0.4) is 0 Å². The molecule has 0 saturated carbocycles. The van der Waals surface area contributed by atoms with Gasteiger partial charge in [0.25, 0.3) is 11.5 Å². The standard InChI is InChI=1S/C27H35N7O5/c1-3-6-16(2)24(35)29-12-5-4-7-20(27(38)39)33-25(36)17-8-10-18(11-9-17)30-14-19-15-31-21-13-22(28)34-26(37)23(21)32-19/h8-11,13,15-16,20,30H,3-7,12,14H2,1-2H3,(H,29,35)(H,33,36)(H,38,39)(H3,28,34,37)/t16-,20-/m0/s1. The highest BCUT2D eigenvalue weighted by Crippen LogP contribution is 2.13. The van der Waals surface area contributed by atoms with Gasteiger partial charge in [-0.1, -0.05) is 20.3 Å². The SMILES string of the molecule is CCC[C@H](C)C(=O)NCCCC[C@H](NC(=O)c1ccc(NCc2cnc3cc(N)[nH]c(=O)c3n2)cc1)C(=O)O. The number of hydrogen-bond acceptors (Lipinski definition) is 8. The minimum absolute atomic E-state index is 0.00363. The summed E-state index contributed by atoms with van der Waals surface area (Å²) in [4.78, 5) is 59.3. The van der Waals surface area contributed by atoms with Crippen LogP contribution in [0, 0.1) is 5.92 Å². The monoisotopic (exact) mass is 537 g/mol. The van der Waals surface area contributed by atoms with Gasteiger partial charge in [0.1, 0.15) is 11.9 Å². The van der Waals surface area contributed by atoms with Crippen molar-refractivity contribution in [3.05, 3.63) is 58.1 Å². The number of H-pyrrole nitrogens is 1. The average Bonchev–Trinajstić information content (AvgIpc) is 2.91. The van der Waals surface area contributed by atoms with Crippen LogP contribution in [0.2, 0.25) is 0 Å². The number of hydrogen-bond donors (Lipinski definition) is 6. The van der Waals surface area contributed by atoms with Crippen LogP contribution >= 0.6 is 0 Å². The van der Waals surface area contributed by atoms with Gasteiger partial charge in [0.15, 0.2) is 5.52 Å². The number of nitrogens with zero attached hydrogens (tertiary/aromatic N) is 2. The third kappa shape index (κ3) is 8.52. The molecule has 208 valence electrons. The van der Waals surface area contributed by atoms with Crippen molar-refractivity contribution in [2.24, 2.45) is 5.92 Å². The number of nitrogens with one attached hydrogen (secondary N) is 4. The zero-order chi connectivity index (χ0) is 28.4. The lowest BCUT2D eigenvalue weighted by molar-refractivity contribution is -0.139. The Labute approximate surface area is 225 Å². The van der Waals surface area contributed by atoms with Crippen LogP contribution < -0.4 is 27.2 Å². The summed E-state index contributed by atoms with van der Waals surface area (Å²) in [5.74, 6) is -1.43. The predicted molar refractivity (Wildman–Crippen MR) is 148 cm³/mol. The molecule has 2 aromatic heterocycles. The van der Waals surface area contributed by atoms with Gasteiger partial charge < -0.3 is 31.8 Å². The van der Waals surface area contributed by atoms with E-state index in [1.165, 1.54) is 6.07 Å². The van der Waals surface area contributed by atoms with Crippen LogP contribution in [0.4, 0.5) is 11.5 Å². The van der Waals surface area contributed by atoms with Crippen LogP contribution in [0.1, 0.15) is 62.0 Å². The fraction of sp³-hybridized carbons (Fsp3) is 0.407. The number of anilines is 2. The number of nitrogen functional groups attached to an aromatic ring is 1. The van der Waals surface area contributed by atoms with Gasteiger partial charge in [-0.15, -0.1) is 0 Å². The van der Waals surface area contributed by atoms with Gasteiger partial charge in [-0.25, -0.2) is 9.78 Å². The van der Waals surface area contributed by atoms with Crippen LogP contribution in [0.5, 0.6) is 0 Å². The maximum atomic E-state index is 12.6. The van der Waals surface area contributed by atoms with Gasteiger partial charge >= 0.3 is 5.97 Å². The molecule has 3 rings (SSSR count). The minimum Gasteiger partial charge on any atom is -0.480 e. The number of carboxylic acid groups (broad SMARTS) is 1. The van der Waals surface area contributed by atoms with E-state index in [1.807, 2.05) is 13.8 Å². The Morgan fingerprint density at radius 1 is 1.13 bits per heavy atom. The molecule has 0 aliphatic heterocycles. The molecular weight excluding hydrogens is 502 g/mol. The largest absolute Gasteiger partial charge is 0.480 e. The number of benzene rings is 1. The minimum atomic E-state index is -1.11. The Hall–Kier alpha value is -4.48. The molecule has 39 heavy (non-hydrogen) atoms. The van der Waals surface area contributed by atoms with Gasteiger partial charge in [-0.05, 0) is 49.9 Å². The topological polar surface area (TPSA) is 192 Å². The zero-order valence-corrected chi connectivity index (χ0v) is 22.1. The molecular formula is C27H35N7O5. The highest BCUT2D eigenvalue weighted by atomic mass is 16.4. The van der Waals surface area contributed by atoms with E-state index >= 15 is 0 Å². The van der Waals surface area contributed by atoms with E-state index in [-0.39, 0.29) is 36.1 Å². The number of unbranched alkanes of at least 4 members (excludes halogenated alkanes) is 1. The van der Waals surface area contributed by atoms with Crippen molar-refractivity contribution in [3.8, 4) is 0 Å². The third-order valence-corrected chi connectivity index (χ3v) is 6.23. The normalized spacial score (nSPS) is 12.5. The Morgan fingerprint density at radius 3 is 2.56 bits per heavy atom. The summed E-state index contributed by atoms with van der Waals surface area (Å²) < 4.78 is 0. The number of nitrogens with two attached hydrogens (primary N) is 1. The quantitative estimate of drug-likeness (QED) is 0.168. The van der Waals surface area contributed by atoms with E-state index in [0.29, 0.717) is 41.8 Å². The molecule has 0 saturated heterocycles. The maximum absolute atomic E-state index is 12.6. The Bertz CT molecular complexity index is 1360. The van der Waals surface area contributed by atoms with Crippen molar-refractivity contribution in [2.75, 3.05) is 17.6 Å². The van der Waals surface area contributed by atoms with Gasteiger partial charge in [0.2, 0.25) is 5.91 Å². The van der Waals surface area contributed by atoms with Crippen LogP contribution in [-0.2, 0) is 16.1 Å². The molecule has 2 atom stereocenters. The number of fused-ring (bicyclic) bond motifs is 1. The summed E-state index contributed by atoms with van der Waals surface area (Å²) in [5, 5.41) is 18.1. The molecule has 12 nitrogen and oxygen atoms in total. The van der Waals surface area contributed by atoms with Gasteiger partial charge in [0.05, 0.1) is 24.0 Å². The van der Waals surface area contributed by atoms with E-state index in [1.54, 1.807) is 30.5 Å². The summed E-state index contributed by atoms with van der Waals surface area (Å²) in [5.41, 5.74) is 7.35. The summed E-state index contributed by atoms with van der Waals surface area (Å²) in [6, 6.07) is 7.06. The molecule has 0 spiro atoms. The first-order valence-corrected chi connectivity index (χ1v) is 13.0. The van der Waals surface area contributed by atoms with Gasteiger partial charge in [-0.3, -0.25) is 19.4 Å². The lowest BCUT2D eigenvalue weighted by atomic mass is 10.1. The van der Waals surface area contributed by atoms with Crippen LogP contribution in [0.25, 0.3) is 11.0 Å². The zero-order valence-electron chi connectivity index (χ0n) is 22.1. The number of aromatic amines is 1. The number of aliphatic carboxylic acids is 1. The lowest BCUT2D eigenvalue weighted by Crippen LogP contribution is -2.40. The summed E-state index contributed by atoms with van der Waals surface area (Å²) >= 11 is 0. The van der Waals surface area contributed by atoms with Gasteiger partial charge in [0, 0.05) is 29.8 Å². The third-order valence-electron chi connectivity index (χ3n) is 6.23. The fourth-order valence-electron chi connectivity index (χ4n) is 4.02. The average molecular weight is 538 g/mol. The first kappa shape index (κ1) is 29.1. The molecule has 7 N–H and O–H groups in total. The number of amides is 2. The molecule has 1 aromatic carbocycles. The van der Waals surface area contributed by atoms with Crippen LogP contribution in [0.15, 0.2) is 41.3 Å². The van der Waals surface area contributed by atoms with Crippen molar-refractivity contribution < 1.29 is 19.5 Å². The molecule has 2 heterocycles. The number of pyridine rings is 1. The molecule has 2 amide bonds. The smallest absolute Gasteiger partial charge is 0.326 e. The first-order valence-electron chi connectivity index (χ1n) is 13.0. The van der Waals surface area contributed by atoms with E-state index in [0.717, 1.165) is 12.8 Å². The summed E-state index contributed by atoms with van der Waals surface area (Å²) in [6.07, 6.45) is 4.72. The molecule has 0 bridgehead atoms. The Kier molecular flexibility index (Phi) is 10.4. The van der Waals surface area contributed by atoms with E-state index in [2.05, 4.69) is 30.9 Å². The van der Waals surface area contributed by atoms with Crippen molar-refractivity contribution in [1.29, 1.82) is 0 Å². The molecule has 3 aromatic rings. The summed E-state index contributed by atoms with van der Waals surface area (Å²) in [7, 11) is 0. The highest BCUT2D eigenvalue weighted by Gasteiger charge is 2.20. The fourth-order valence-corrected chi connectivity index (χ4v) is 4.02. The van der Waals surface area contributed by atoms with Crippen molar-refractivity contribution in [1.82, 2.24) is 25.6 Å². The lowest BCUT2D eigenvalue weighted by Gasteiger charge is -2.15. The number of carbonyl (C=O) groups is 3. The van der Waals surface area contributed by atoms with Crippen molar-refractivity contribution in [3.63, 3.8) is 0 Å². The maximum Gasteiger partial charge on any atom is 0.326 e. The van der Waals surface area contributed by atoms with E-state index in [9.17, 15) is 24.3 Å². The molecule has 0 radical (unpaired) electrons. The molecule has 12 heteroatoms. The summed E-state index contributed by atoms with van der Waals surface area (Å²) in [6.45, 7) is 4.67. The second kappa shape index (κ2) is 13.9. The Balaban J connectivity index is 1.47. The second-order valence-electron chi connectivity index (χ2n) is 9.42. The van der Waals surface area contributed by atoms with Gasteiger partial charge in [-0.2, -0.15) is 0 Å². The molecule has 0 aliphatic carbocycles. The number of aromatic nitrogens is 3. The van der Waals surface area contributed by atoms with Crippen molar-refractivity contribution >= 4 is 40.3 Å².